The van der Waals surface area contributed by atoms with Crippen molar-refractivity contribution in [3.8, 4) is 5.88 Å². The maximum absolute atomic E-state index is 15.1. The fourth-order valence-corrected chi connectivity index (χ4v) is 5.57. The predicted molar refractivity (Wildman–Crippen MR) is 131 cm³/mol. The van der Waals surface area contributed by atoms with Crippen LogP contribution in [0.4, 0.5) is 14.5 Å². The topological polar surface area (TPSA) is 138 Å². The van der Waals surface area contributed by atoms with Crippen LogP contribution in [0.5, 0.6) is 5.88 Å². The number of hydrogen-bond acceptors (Lipinski definition) is 10. The molecule has 37 heavy (non-hydrogen) atoms. The van der Waals surface area contributed by atoms with Crippen molar-refractivity contribution < 1.29 is 27.5 Å². The zero-order valence-electron chi connectivity index (χ0n) is 20.0. The Morgan fingerprint density at radius 3 is 2.81 bits per heavy atom. The molecule has 5 rings (SSSR count). The minimum absolute atomic E-state index is 0.0127. The van der Waals surface area contributed by atoms with Crippen molar-refractivity contribution in [2.45, 2.75) is 30.7 Å². The highest BCUT2D eigenvalue weighted by atomic mass is 32.2. The Hall–Kier alpha value is -3.84. The number of halogens is 2. The van der Waals surface area contributed by atoms with Gasteiger partial charge < -0.3 is 24.9 Å². The number of aromatic nitrogens is 3. The number of benzene rings is 1. The Morgan fingerprint density at radius 1 is 1.30 bits per heavy atom. The summed E-state index contributed by atoms with van der Waals surface area (Å²) in [6.07, 6.45) is 6.06. The van der Waals surface area contributed by atoms with Crippen LogP contribution in [0.3, 0.4) is 0 Å². The number of amidine groups is 1. The molecule has 2 aromatic heterocycles. The van der Waals surface area contributed by atoms with E-state index < -0.39 is 27.8 Å². The number of nitrogens with zero attached hydrogens (tertiary/aromatic N) is 4. The number of amides is 1. The van der Waals surface area contributed by atoms with E-state index in [1.807, 2.05) is 6.08 Å². The number of oxazole rings is 1. The Bertz CT molecular complexity index is 1450. The van der Waals surface area contributed by atoms with Crippen molar-refractivity contribution in [3.05, 3.63) is 76.9 Å². The lowest BCUT2D eigenvalue weighted by molar-refractivity contribution is 0.102. The van der Waals surface area contributed by atoms with E-state index in [1.54, 1.807) is 21.0 Å². The number of carbonyl (C=O) groups is 1. The van der Waals surface area contributed by atoms with Gasteiger partial charge in [-0.05, 0) is 25.5 Å². The molecule has 2 aliphatic rings. The van der Waals surface area contributed by atoms with E-state index in [2.05, 4.69) is 25.3 Å². The van der Waals surface area contributed by atoms with Crippen LogP contribution in [-0.4, -0.2) is 44.5 Å². The molecular weight excluding hydrogens is 506 g/mol. The standard InChI is InChI=1S/C24H22F2N6O4S/c1-12-20(29-9-17(30-12)36-10-18-28-4-5-35-18)21(33)31-13-6-14(19(26)15(25)7-13)23(2)16-8-24(16,11-34-3)37-22(27)32-23/h4-9H,10-11H2,1-3H3,(H2,27,32)(H,31,33)/t23-,24-/m1/s1. The molecule has 0 saturated heterocycles. The number of ether oxygens (including phenoxy) is 2. The van der Waals surface area contributed by atoms with Crippen LogP contribution in [-0.2, 0) is 16.9 Å². The second kappa shape index (κ2) is 9.23. The number of fused-ring (bicyclic) bond motifs is 1. The highest BCUT2D eigenvalue weighted by molar-refractivity contribution is 8.15. The summed E-state index contributed by atoms with van der Waals surface area (Å²) in [6.45, 7) is 3.58. The van der Waals surface area contributed by atoms with E-state index in [0.29, 0.717) is 12.5 Å². The van der Waals surface area contributed by atoms with Gasteiger partial charge in [0.2, 0.25) is 11.8 Å². The van der Waals surface area contributed by atoms with Crippen LogP contribution in [0, 0.1) is 18.6 Å². The lowest BCUT2D eigenvalue weighted by Crippen LogP contribution is -2.37. The summed E-state index contributed by atoms with van der Waals surface area (Å²) < 4.78 is 45.1. The second-order valence-electron chi connectivity index (χ2n) is 8.64. The van der Waals surface area contributed by atoms with Crippen LogP contribution >= 0.6 is 11.8 Å². The van der Waals surface area contributed by atoms with Crippen LogP contribution in [0.15, 0.2) is 51.8 Å². The summed E-state index contributed by atoms with van der Waals surface area (Å²) in [5.41, 5.74) is 5.75. The zero-order chi connectivity index (χ0) is 26.4. The number of carbonyl (C=O) groups excluding carboxylic acids is 1. The van der Waals surface area contributed by atoms with Crippen molar-refractivity contribution in [2.24, 2.45) is 10.7 Å². The first kappa shape index (κ1) is 24.8. The average molecular weight is 529 g/mol. The number of thioether (sulfide) groups is 1. The van der Waals surface area contributed by atoms with Crippen LogP contribution < -0.4 is 15.8 Å². The summed E-state index contributed by atoms with van der Waals surface area (Å²) in [4.78, 5) is 29.7. The molecular formula is C24H22F2N6O4S. The molecule has 0 radical (unpaired) electrons. The number of methoxy groups -OCH3 is 1. The maximum Gasteiger partial charge on any atom is 0.276 e. The van der Waals surface area contributed by atoms with Gasteiger partial charge in [-0.25, -0.2) is 28.7 Å². The molecule has 1 aromatic carbocycles. The first-order valence-electron chi connectivity index (χ1n) is 11.1. The molecule has 192 valence electrons. The van der Waals surface area contributed by atoms with Gasteiger partial charge in [-0.3, -0.25) is 4.79 Å². The Morgan fingerprint density at radius 2 is 2.11 bits per heavy atom. The highest BCUT2D eigenvalue weighted by Gasteiger charge is 2.58. The van der Waals surface area contributed by atoms with E-state index in [4.69, 9.17) is 19.6 Å². The molecule has 1 aliphatic carbocycles. The monoisotopic (exact) mass is 528 g/mol. The minimum Gasteiger partial charge on any atom is -0.467 e. The Balaban J connectivity index is 1.38. The van der Waals surface area contributed by atoms with Gasteiger partial charge in [-0.1, -0.05) is 17.8 Å². The van der Waals surface area contributed by atoms with Gasteiger partial charge in [0, 0.05) is 24.4 Å². The molecule has 2 atom stereocenters. The van der Waals surface area contributed by atoms with Crippen molar-refractivity contribution in [1.82, 2.24) is 15.0 Å². The number of aryl methyl sites for hydroxylation is 1. The third-order valence-electron chi connectivity index (χ3n) is 6.03. The number of hydrogen-bond donors (Lipinski definition) is 2. The number of rotatable bonds is 8. The molecule has 0 unspecified atom stereocenters. The Labute approximate surface area is 214 Å². The largest absolute Gasteiger partial charge is 0.467 e. The van der Waals surface area contributed by atoms with Crippen molar-refractivity contribution in [2.75, 3.05) is 19.0 Å². The third kappa shape index (κ3) is 4.55. The molecule has 0 saturated carbocycles. The SMILES string of the molecule is COC[C@]12C=C1[C@@](C)(c1cc(NC(=O)c3ncc(OCc4ncco4)nc3C)cc(F)c1F)N=C(N)S2. The van der Waals surface area contributed by atoms with Gasteiger partial charge in [-0.2, -0.15) is 0 Å². The predicted octanol–water partition coefficient (Wildman–Crippen LogP) is 3.48. The molecule has 1 aliphatic heterocycles. The number of nitrogens with two attached hydrogens (primary N) is 1. The summed E-state index contributed by atoms with van der Waals surface area (Å²) in [5, 5.41) is 2.79. The van der Waals surface area contributed by atoms with E-state index in [-0.39, 0.29) is 40.3 Å². The van der Waals surface area contributed by atoms with Gasteiger partial charge in [-0.15, -0.1) is 0 Å². The van der Waals surface area contributed by atoms with Gasteiger partial charge in [0.1, 0.15) is 17.5 Å². The zero-order valence-corrected chi connectivity index (χ0v) is 20.9. The van der Waals surface area contributed by atoms with Crippen LogP contribution in [0.2, 0.25) is 0 Å². The molecule has 0 fully saturated rings. The third-order valence-corrected chi connectivity index (χ3v) is 7.15. The minimum atomic E-state index is -1.27. The first-order valence-corrected chi connectivity index (χ1v) is 11.9. The molecule has 10 nitrogen and oxygen atoms in total. The molecule has 0 bridgehead atoms. The van der Waals surface area contributed by atoms with Gasteiger partial charge in [0.15, 0.2) is 23.4 Å². The quantitative estimate of drug-likeness (QED) is 0.421. The highest BCUT2D eigenvalue weighted by Crippen LogP contribution is 2.60. The van der Waals surface area contributed by atoms with E-state index in [1.165, 1.54) is 36.5 Å². The second-order valence-corrected chi connectivity index (χ2v) is 9.99. The van der Waals surface area contributed by atoms with Crippen LogP contribution in [0.25, 0.3) is 0 Å². The van der Waals surface area contributed by atoms with Crippen molar-refractivity contribution >= 4 is 28.5 Å². The van der Waals surface area contributed by atoms with Crippen LogP contribution in [0.1, 0.15) is 34.6 Å². The average Bonchev–Trinajstić information content (AvgIpc) is 3.31. The summed E-state index contributed by atoms with van der Waals surface area (Å²) in [7, 11) is 1.55. The lowest BCUT2D eigenvalue weighted by atomic mass is 9.86. The van der Waals surface area contributed by atoms with Crippen molar-refractivity contribution in [3.63, 3.8) is 0 Å². The van der Waals surface area contributed by atoms with E-state index in [0.717, 1.165) is 11.6 Å². The number of nitrogens with one attached hydrogen (secondary N) is 1. The van der Waals surface area contributed by atoms with Gasteiger partial charge in [0.05, 0.1) is 29.4 Å². The number of aliphatic imine (C=N–C) groups is 1. The molecule has 0 spiro atoms. The Kier molecular flexibility index (Phi) is 6.20. The normalized spacial score (nSPS) is 22.1. The van der Waals surface area contributed by atoms with E-state index in [9.17, 15) is 9.18 Å². The molecule has 3 aromatic rings. The van der Waals surface area contributed by atoms with E-state index >= 15 is 4.39 Å². The summed E-state index contributed by atoms with van der Waals surface area (Å²) >= 11 is 1.30. The molecule has 3 heterocycles. The lowest BCUT2D eigenvalue weighted by Gasteiger charge is -2.34. The molecule has 1 amide bonds. The van der Waals surface area contributed by atoms with Crippen molar-refractivity contribution in [1.29, 1.82) is 0 Å². The molecule has 13 heteroatoms. The molecule has 3 N–H and O–H groups in total. The van der Waals surface area contributed by atoms with Gasteiger partial charge >= 0.3 is 0 Å². The summed E-state index contributed by atoms with van der Waals surface area (Å²) in [6, 6.07) is 2.24. The fraction of sp³-hybridized carbons (Fsp3) is 0.292. The number of anilines is 1. The fourth-order valence-electron chi connectivity index (χ4n) is 4.31. The van der Waals surface area contributed by atoms with Gasteiger partial charge in [0.25, 0.3) is 5.91 Å². The smallest absolute Gasteiger partial charge is 0.276 e. The first-order chi connectivity index (χ1) is 17.6. The summed E-state index contributed by atoms with van der Waals surface area (Å²) in [5.74, 6) is -2.36. The maximum atomic E-state index is 15.1.